The number of benzene rings is 2. The molecule has 5 rings (SSSR count). The van der Waals surface area contributed by atoms with Gasteiger partial charge in [0.05, 0.1) is 18.5 Å². The summed E-state index contributed by atoms with van der Waals surface area (Å²) in [6.07, 6.45) is 12.3. The zero-order chi connectivity index (χ0) is 25.8. The summed E-state index contributed by atoms with van der Waals surface area (Å²) < 4.78 is 7.36. The third-order valence-corrected chi connectivity index (χ3v) is 8.53. The van der Waals surface area contributed by atoms with Crippen LogP contribution in [-0.4, -0.2) is 29.3 Å². The standard InChI is InChI=1S/C32H41N3O2/c1-23-20-28(16-17-31(23)37-3)26-14-12-25(13-15-26)22-34(32(36)27-8-5-4-6-9-27)29-10-7-11-30(21-29)35-19-18-24(2)33-35/h7,10-11,16-21,25-27H,4-6,8-9,12-15,22H2,1-3H3. The van der Waals surface area contributed by atoms with Gasteiger partial charge in [0.15, 0.2) is 0 Å². The van der Waals surface area contributed by atoms with Crippen molar-refractivity contribution < 1.29 is 9.53 Å². The van der Waals surface area contributed by atoms with Crippen molar-refractivity contribution in [2.24, 2.45) is 11.8 Å². The first-order valence-electron chi connectivity index (χ1n) is 14.1. The first-order valence-corrected chi connectivity index (χ1v) is 14.1. The summed E-state index contributed by atoms with van der Waals surface area (Å²) in [4.78, 5) is 16.0. The number of hydrogen-bond donors (Lipinski definition) is 0. The number of carbonyl (C=O) groups is 1. The minimum atomic E-state index is 0.156. The molecule has 1 aromatic heterocycles. The fraction of sp³-hybridized carbons (Fsp3) is 0.500. The maximum absolute atomic E-state index is 13.9. The fourth-order valence-electron chi connectivity index (χ4n) is 6.35. The maximum Gasteiger partial charge on any atom is 0.230 e. The molecule has 5 heteroatoms. The number of amides is 1. The second kappa shape index (κ2) is 11.5. The van der Waals surface area contributed by atoms with Gasteiger partial charge in [0, 0.05) is 24.3 Å². The number of aromatic nitrogens is 2. The zero-order valence-corrected chi connectivity index (χ0v) is 22.7. The summed E-state index contributed by atoms with van der Waals surface area (Å²) in [5.74, 6) is 2.56. The molecule has 5 nitrogen and oxygen atoms in total. The van der Waals surface area contributed by atoms with Crippen LogP contribution in [0.2, 0.25) is 0 Å². The highest BCUT2D eigenvalue weighted by molar-refractivity contribution is 5.95. The molecule has 2 aliphatic rings. The second-order valence-corrected chi connectivity index (χ2v) is 11.2. The van der Waals surface area contributed by atoms with Gasteiger partial charge in [-0.3, -0.25) is 4.79 Å². The van der Waals surface area contributed by atoms with E-state index in [9.17, 15) is 4.79 Å². The summed E-state index contributed by atoms with van der Waals surface area (Å²) in [6, 6.07) is 17.0. The molecule has 0 atom stereocenters. The lowest BCUT2D eigenvalue weighted by Gasteiger charge is -2.35. The number of hydrogen-bond acceptors (Lipinski definition) is 3. The lowest BCUT2D eigenvalue weighted by atomic mass is 9.78. The van der Waals surface area contributed by atoms with Crippen molar-refractivity contribution in [3.63, 3.8) is 0 Å². The quantitative estimate of drug-likeness (QED) is 0.341. The molecule has 2 fully saturated rings. The normalized spacial score (nSPS) is 20.5. The van der Waals surface area contributed by atoms with Gasteiger partial charge < -0.3 is 9.64 Å². The van der Waals surface area contributed by atoms with Crippen LogP contribution in [0.1, 0.15) is 80.5 Å². The predicted molar refractivity (Wildman–Crippen MR) is 150 cm³/mol. The topological polar surface area (TPSA) is 47.4 Å². The molecule has 1 heterocycles. The highest BCUT2D eigenvalue weighted by Crippen LogP contribution is 2.38. The highest BCUT2D eigenvalue weighted by Gasteiger charge is 2.31. The number of nitrogens with zero attached hydrogens (tertiary/aromatic N) is 3. The number of anilines is 1. The van der Waals surface area contributed by atoms with E-state index in [4.69, 9.17) is 4.74 Å². The molecule has 0 aliphatic heterocycles. The molecular formula is C32H41N3O2. The van der Waals surface area contributed by atoms with E-state index in [1.165, 1.54) is 43.2 Å². The van der Waals surface area contributed by atoms with Crippen molar-refractivity contribution in [1.29, 1.82) is 0 Å². The van der Waals surface area contributed by atoms with E-state index in [1.54, 1.807) is 7.11 Å². The summed E-state index contributed by atoms with van der Waals surface area (Å²) >= 11 is 0. The van der Waals surface area contributed by atoms with Crippen LogP contribution in [0, 0.1) is 25.7 Å². The summed E-state index contributed by atoms with van der Waals surface area (Å²) in [6.45, 7) is 4.94. The lowest BCUT2D eigenvalue weighted by molar-refractivity contribution is -0.123. The van der Waals surface area contributed by atoms with Crippen molar-refractivity contribution >= 4 is 11.6 Å². The Labute approximate surface area is 221 Å². The van der Waals surface area contributed by atoms with Gasteiger partial charge in [-0.05, 0) is 106 Å². The van der Waals surface area contributed by atoms with Crippen LogP contribution >= 0.6 is 0 Å². The number of rotatable bonds is 7. The molecule has 0 unspecified atom stereocenters. The lowest BCUT2D eigenvalue weighted by Crippen LogP contribution is -2.41. The van der Waals surface area contributed by atoms with Crippen LogP contribution in [0.15, 0.2) is 54.7 Å². The summed E-state index contributed by atoms with van der Waals surface area (Å²) in [5.41, 5.74) is 5.64. The Kier molecular flexibility index (Phi) is 7.97. The van der Waals surface area contributed by atoms with Gasteiger partial charge in [0.1, 0.15) is 5.75 Å². The molecule has 0 N–H and O–H groups in total. The molecule has 2 saturated carbocycles. The molecule has 0 radical (unpaired) electrons. The molecule has 0 spiro atoms. The van der Waals surface area contributed by atoms with Crippen molar-refractivity contribution in [3.05, 3.63) is 71.5 Å². The molecule has 3 aromatic rings. The predicted octanol–water partition coefficient (Wildman–Crippen LogP) is 7.39. The average molecular weight is 500 g/mol. The van der Waals surface area contributed by atoms with Crippen molar-refractivity contribution in [2.45, 2.75) is 77.6 Å². The zero-order valence-electron chi connectivity index (χ0n) is 22.7. The Hall–Kier alpha value is -3.08. The van der Waals surface area contributed by atoms with Gasteiger partial charge in [0.25, 0.3) is 0 Å². The third kappa shape index (κ3) is 5.92. The van der Waals surface area contributed by atoms with Crippen LogP contribution in [0.3, 0.4) is 0 Å². The molecule has 0 bridgehead atoms. The van der Waals surface area contributed by atoms with Crippen molar-refractivity contribution in [1.82, 2.24) is 9.78 Å². The highest BCUT2D eigenvalue weighted by atomic mass is 16.5. The number of ether oxygens (including phenoxy) is 1. The minimum Gasteiger partial charge on any atom is -0.496 e. The van der Waals surface area contributed by atoms with Gasteiger partial charge in [-0.25, -0.2) is 4.68 Å². The average Bonchev–Trinajstić information content (AvgIpc) is 3.38. The van der Waals surface area contributed by atoms with Crippen molar-refractivity contribution in [2.75, 3.05) is 18.6 Å². The third-order valence-electron chi connectivity index (χ3n) is 8.53. The van der Waals surface area contributed by atoms with Crippen LogP contribution in [-0.2, 0) is 4.79 Å². The fourth-order valence-corrected chi connectivity index (χ4v) is 6.35. The molecule has 196 valence electrons. The van der Waals surface area contributed by atoms with Gasteiger partial charge in [-0.2, -0.15) is 5.10 Å². The molecular weight excluding hydrogens is 458 g/mol. The number of aryl methyl sites for hydroxylation is 2. The minimum absolute atomic E-state index is 0.156. The molecule has 1 amide bonds. The Bertz CT molecular complexity index is 1200. The van der Waals surface area contributed by atoms with Gasteiger partial charge >= 0.3 is 0 Å². The monoisotopic (exact) mass is 499 g/mol. The van der Waals surface area contributed by atoms with Crippen LogP contribution < -0.4 is 9.64 Å². The summed E-state index contributed by atoms with van der Waals surface area (Å²) in [5, 5.41) is 4.59. The summed E-state index contributed by atoms with van der Waals surface area (Å²) in [7, 11) is 1.74. The van der Waals surface area contributed by atoms with E-state index in [0.29, 0.717) is 17.7 Å². The van der Waals surface area contributed by atoms with Crippen LogP contribution in [0.25, 0.3) is 5.69 Å². The first-order chi connectivity index (χ1) is 18.0. The number of methoxy groups -OCH3 is 1. The second-order valence-electron chi connectivity index (χ2n) is 11.2. The van der Waals surface area contributed by atoms with E-state index in [1.807, 2.05) is 23.9 Å². The Balaban J connectivity index is 1.32. The largest absolute Gasteiger partial charge is 0.496 e. The van der Waals surface area contributed by atoms with Crippen molar-refractivity contribution in [3.8, 4) is 11.4 Å². The molecule has 37 heavy (non-hydrogen) atoms. The SMILES string of the molecule is COc1ccc(C2CCC(CN(C(=O)C3CCCCC3)c3cccc(-n4ccc(C)n4)c3)CC2)cc1C. The van der Waals surface area contributed by atoms with E-state index >= 15 is 0 Å². The van der Waals surface area contributed by atoms with Crippen LogP contribution in [0.5, 0.6) is 5.75 Å². The number of carbonyl (C=O) groups excluding carboxylic acids is 1. The van der Waals surface area contributed by atoms with Gasteiger partial charge in [-0.15, -0.1) is 0 Å². The van der Waals surface area contributed by atoms with E-state index in [2.05, 4.69) is 59.4 Å². The smallest absolute Gasteiger partial charge is 0.230 e. The van der Waals surface area contributed by atoms with Gasteiger partial charge in [-0.1, -0.05) is 37.5 Å². The Morgan fingerprint density at radius 1 is 0.973 bits per heavy atom. The molecule has 2 aromatic carbocycles. The van der Waals surface area contributed by atoms with Crippen LogP contribution in [0.4, 0.5) is 5.69 Å². The maximum atomic E-state index is 13.9. The van der Waals surface area contributed by atoms with E-state index < -0.39 is 0 Å². The Morgan fingerprint density at radius 3 is 2.43 bits per heavy atom. The Morgan fingerprint density at radius 2 is 1.76 bits per heavy atom. The van der Waals surface area contributed by atoms with E-state index in [-0.39, 0.29) is 5.92 Å². The molecule has 0 saturated heterocycles. The first kappa shape index (κ1) is 25.6. The van der Waals surface area contributed by atoms with E-state index in [0.717, 1.165) is 55.0 Å². The van der Waals surface area contributed by atoms with Gasteiger partial charge in [0.2, 0.25) is 5.91 Å². The molecule has 2 aliphatic carbocycles.